The summed E-state index contributed by atoms with van der Waals surface area (Å²) in [5.41, 5.74) is 0. The highest BCUT2D eigenvalue weighted by molar-refractivity contribution is 7.90. The van der Waals surface area contributed by atoms with Crippen LogP contribution in [0.15, 0.2) is 0 Å². The summed E-state index contributed by atoms with van der Waals surface area (Å²) in [6.45, 7) is 3.52. The van der Waals surface area contributed by atoms with E-state index in [0.717, 1.165) is 0 Å². The first kappa shape index (κ1) is 17.1. The molecular weight excluding hydrogens is 288 g/mol. The van der Waals surface area contributed by atoms with Crippen molar-refractivity contribution in [3.05, 3.63) is 0 Å². The van der Waals surface area contributed by atoms with Gasteiger partial charge in [-0.1, -0.05) is 13.8 Å². The van der Waals surface area contributed by atoms with Gasteiger partial charge < -0.3 is 0 Å². The van der Waals surface area contributed by atoms with Gasteiger partial charge in [-0.2, -0.15) is 0 Å². The second-order valence-corrected chi connectivity index (χ2v) is 7.84. The number of sulfonamides is 2. The molecule has 104 valence electrons. The van der Waals surface area contributed by atoms with Gasteiger partial charge in [-0.25, -0.2) is 26.3 Å². The molecule has 0 bridgehead atoms. The Morgan fingerprint density at radius 3 is 2.18 bits per heavy atom. The standard InChI is InChI=1S/C8H19ClN2O4S2/c1-3-10-16(12,13)5-4-11-17(14,15)7-8(2)6-9/h8,10-11H,3-7H2,1-2H3. The maximum atomic E-state index is 11.5. The molecule has 0 rings (SSSR count). The second-order valence-electron chi connectivity index (χ2n) is 3.75. The zero-order valence-corrected chi connectivity index (χ0v) is 12.3. The van der Waals surface area contributed by atoms with E-state index in [2.05, 4.69) is 9.44 Å². The first-order valence-electron chi connectivity index (χ1n) is 5.23. The minimum Gasteiger partial charge on any atom is -0.215 e. The molecule has 0 saturated carbocycles. The van der Waals surface area contributed by atoms with Gasteiger partial charge in [-0.05, 0) is 5.92 Å². The van der Waals surface area contributed by atoms with Gasteiger partial charge >= 0.3 is 0 Å². The van der Waals surface area contributed by atoms with Crippen LogP contribution in [0.3, 0.4) is 0 Å². The molecule has 0 amide bonds. The monoisotopic (exact) mass is 306 g/mol. The molecule has 9 heteroatoms. The normalized spacial score (nSPS) is 14.8. The molecule has 0 aliphatic carbocycles. The van der Waals surface area contributed by atoms with E-state index < -0.39 is 20.0 Å². The van der Waals surface area contributed by atoms with E-state index in [9.17, 15) is 16.8 Å². The molecule has 2 N–H and O–H groups in total. The molecule has 0 aliphatic heterocycles. The largest absolute Gasteiger partial charge is 0.215 e. The highest BCUT2D eigenvalue weighted by Gasteiger charge is 2.16. The molecule has 0 aromatic rings. The summed E-state index contributed by atoms with van der Waals surface area (Å²) in [6.07, 6.45) is 0. The Labute approximate surface area is 108 Å². The van der Waals surface area contributed by atoms with Crippen LogP contribution in [0.1, 0.15) is 13.8 Å². The first-order chi connectivity index (χ1) is 7.72. The summed E-state index contributed by atoms with van der Waals surface area (Å²) in [6, 6.07) is 0. The molecule has 0 fully saturated rings. The number of halogens is 1. The topological polar surface area (TPSA) is 92.3 Å². The summed E-state index contributed by atoms with van der Waals surface area (Å²) in [5, 5.41) is 0. The van der Waals surface area contributed by atoms with E-state index in [1.165, 1.54) is 0 Å². The Hall–Kier alpha value is 0.110. The quantitative estimate of drug-likeness (QED) is 0.573. The van der Waals surface area contributed by atoms with Crippen LogP contribution in [0.4, 0.5) is 0 Å². The molecule has 0 aliphatic rings. The van der Waals surface area contributed by atoms with Crippen molar-refractivity contribution in [2.75, 3.05) is 30.5 Å². The van der Waals surface area contributed by atoms with Crippen LogP contribution < -0.4 is 9.44 Å². The van der Waals surface area contributed by atoms with Crippen molar-refractivity contribution in [1.29, 1.82) is 0 Å². The maximum absolute atomic E-state index is 11.5. The SMILES string of the molecule is CCNS(=O)(=O)CCNS(=O)(=O)CC(C)CCl. The third-order valence-electron chi connectivity index (χ3n) is 1.82. The molecule has 1 unspecified atom stereocenters. The van der Waals surface area contributed by atoms with Crippen LogP contribution in [-0.2, 0) is 20.0 Å². The van der Waals surface area contributed by atoms with Crippen molar-refractivity contribution in [2.45, 2.75) is 13.8 Å². The van der Waals surface area contributed by atoms with E-state index >= 15 is 0 Å². The molecule has 17 heavy (non-hydrogen) atoms. The number of hydrogen-bond acceptors (Lipinski definition) is 4. The summed E-state index contributed by atoms with van der Waals surface area (Å²) < 4.78 is 49.9. The number of alkyl halides is 1. The van der Waals surface area contributed by atoms with Crippen LogP contribution in [-0.4, -0.2) is 47.3 Å². The van der Waals surface area contributed by atoms with Gasteiger partial charge in [-0.15, -0.1) is 11.6 Å². The average molecular weight is 307 g/mol. The number of nitrogens with one attached hydrogen (secondary N) is 2. The molecule has 0 spiro atoms. The fraction of sp³-hybridized carbons (Fsp3) is 1.00. The van der Waals surface area contributed by atoms with E-state index in [0.29, 0.717) is 6.54 Å². The fourth-order valence-electron chi connectivity index (χ4n) is 1.10. The van der Waals surface area contributed by atoms with E-state index in [4.69, 9.17) is 11.6 Å². The van der Waals surface area contributed by atoms with Gasteiger partial charge in [0.15, 0.2) is 0 Å². The summed E-state index contributed by atoms with van der Waals surface area (Å²) in [7, 11) is -6.85. The van der Waals surface area contributed by atoms with Gasteiger partial charge in [0.25, 0.3) is 0 Å². The van der Waals surface area contributed by atoms with E-state index in [-0.39, 0.29) is 29.8 Å². The molecular formula is C8H19ClN2O4S2. The Balaban J connectivity index is 4.12. The van der Waals surface area contributed by atoms with E-state index in [1.54, 1.807) is 13.8 Å². The summed E-state index contributed by atoms with van der Waals surface area (Å²) in [4.78, 5) is 0. The van der Waals surface area contributed by atoms with Gasteiger partial charge in [-0.3, -0.25) is 0 Å². The molecule has 0 aromatic heterocycles. The van der Waals surface area contributed by atoms with Crippen molar-refractivity contribution < 1.29 is 16.8 Å². The predicted molar refractivity (Wildman–Crippen MR) is 69.1 cm³/mol. The minimum atomic E-state index is -3.46. The molecule has 1 atom stereocenters. The summed E-state index contributed by atoms with van der Waals surface area (Å²) >= 11 is 5.51. The number of rotatable bonds is 9. The van der Waals surface area contributed by atoms with Crippen molar-refractivity contribution in [1.82, 2.24) is 9.44 Å². The molecule has 0 saturated heterocycles. The zero-order chi connectivity index (χ0) is 13.5. The fourth-order valence-corrected chi connectivity index (χ4v) is 3.82. The maximum Gasteiger partial charge on any atom is 0.212 e. The van der Waals surface area contributed by atoms with Crippen molar-refractivity contribution in [3.8, 4) is 0 Å². The first-order valence-corrected chi connectivity index (χ1v) is 9.07. The summed E-state index contributed by atoms with van der Waals surface area (Å²) in [5.74, 6) is -0.288. The lowest BCUT2D eigenvalue weighted by Gasteiger charge is -2.10. The van der Waals surface area contributed by atoms with Gasteiger partial charge in [0, 0.05) is 19.0 Å². The van der Waals surface area contributed by atoms with Crippen LogP contribution in [0.5, 0.6) is 0 Å². The zero-order valence-electron chi connectivity index (χ0n) is 9.94. The molecule has 0 heterocycles. The average Bonchev–Trinajstić information content (AvgIpc) is 2.15. The molecule has 0 aromatic carbocycles. The van der Waals surface area contributed by atoms with Crippen molar-refractivity contribution in [3.63, 3.8) is 0 Å². The van der Waals surface area contributed by atoms with Gasteiger partial charge in [0.2, 0.25) is 20.0 Å². The Morgan fingerprint density at radius 2 is 1.71 bits per heavy atom. The third-order valence-corrected chi connectivity index (χ3v) is 5.47. The molecule has 6 nitrogen and oxygen atoms in total. The lowest BCUT2D eigenvalue weighted by Crippen LogP contribution is -2.36. The lowest BCUT2D eigenvalue weighted by atomic mass is 10.3. The Morgan fingerprint density at radius 1 is 1.12 bits per heavy atom. The van der Waals surface area contributed by atoms with Gasteiger partial charge in [0.05, 0.1) is 11.5 Å². The minimum absolute atomic E-state index is 0.0995. The van der Waals surface area contributed by atoms with Crippen LogP contribution in [0.2, 0.25) is 0 Å². The van der Waals surface area contributed by atoms with Crippen molar-refractivity contribution >= 4 is 31.6 Å². The van der Waals surface area contributed by atoms with Crippen LogP contribution in [0, 0.1) is 5.92 Å². The smallest absolute Gasteiger partial charge is 0.212 e. The molecule has 0 radical (unpaired) electrons. The van der Waals surface area contributed by atoms with Crippen molar-refractivity contribution in [2.24, 2.45) is 5.92 Å². The van der Waals surface area contributed by atoms with Crippen LogP contribution >= 0.6 is 11.6 Å². The highest BCUT2D eigenvalue weighted by atomic mass is 35.5. The second kappa shape index (κ2) is 7.52. The highest BCUT2D eigenvalue weighted by Crippen LogP contribution is 2.01. The number of hydrogen-bond donors (Lipinski definition) is 2. The third kappa shape index (κ3) is 8.78. The van der Waals surface area contributed by atoms with Gasteiger partial charge in [0.1, 0.15) is 0 Å². The lowest BCUT2D eigenvalue weighted by molar-refractivity contribution is 0.568. The Bertz CT molecular complexity index is 407. The Kier molecular flexibility index (Phi) is 7.57. The van der Waals surface area contributed by atoms with Crippen LogP contribution in [0.25, 0.3) is 0 Å². The van der Waals surface area contributed by atoms with E-state index in [1.807, 2.05) is 0 Å². The predicted octanol–water partition coefficient (Wildman–Crippen LogP) is -0.280.